The first kappa shape index (κ1) is 13.9. The Bertz CT molecular complexity index is 623. The van der Waals surface area contributed by atoms with E-state index in [0.29, 0.717) is 6.20 Å². The summed E-state index contributed by atoms with van der Waals surface area (Å²) in [6, 6.07) is 0.843. The fourth-order valence-electron chi connectivity index (χ4n) is 1.42. The quantitative estimate of drug-likeness (QED) is 0.917. The highest BCUT2D eigenvalue weighted by Gasteiger charge is 2.31. The van der Waals surface area contributed by atoms with E-state index in [-0.39, 0.29) is 11.5 Å². The molecule has 0 aliphatic carbocycles. The summed E-state index contributed by atoms with van der Waals surface area (Å²) >= 11 is 0. The molecule has 10 heteroatoms. The lowest BCUT2D eigenvalue weighted by molar-refractivity contribution is -0.140. The van der Waals surface area contributed by atoms with Gasteiger partial charge in [0.2, 0.25) is 5.82 Å². The number of rotatable bonds is 3. The fraction of sp³-hybridized carbons (Fsp3) is 0.300. The third-order valence-corrected chi connectivity index (χ3v) is 2.54. The molecule has 106 valence electrons. The van der Waals surface area contributed by atoms with Gasteiger partial charge in [-0.25, -0.2) is 9.48 Å². The van der Waals surface area contributed by atoms with E-state index in [9.17, 15) is 18.0 Å². The van der Waals surface area contributed by atoms with Crippen molar-refractivity contribution in [2.45, 2.75) is 19.1 Å². The highest BCUT2D eigenvalue weighted by atomic mass is 19.4. The summed E-state index contributed by atoms with van der Waals surface area (Å²) in [6.45, 7) is 1.34. The molecule has 2 rings (SSSR count). The van der Waals surface area contributed by atoms with Gasteiger partial charge in [0.15, 0.2) is 6.04 Å². The van der Waals surface area contributed by atoms with Crippen molar-refractivity contribution >= 4 is 5.97 Å². The van der Waals surface area contributed by atoms with Crippen molar-refractivity contribution in [3.8, 4) is 11.5 Å². The number of carboxylic acids is 1. The maximum Gasteiger partial charge on any atom is 0.417 e. The van der Waals surface area contributed by atoms with Crippen molar-refractivity contribution in [2.75, 3.05) is 0 Å². The van der Waals surface area contributed by atoms with E-state index in [4.69, 9.17) is 5.11 Å². The molecular weight excluding hydrogens is 279 g/mol. The minimum atomic E-state index is -4.49. The van der Waals surface area contributed by atoms with E-state index < -0.39 is 23.8 Å². The number of halogens is 3. The Morgan fingerprint density at radius 2 is 2.10 bits per heavy atom. The van der Waals surface area contributed by atoms with E-state index in [2.05, 4.69) is 20.5 Å². The molecule has 0 saturated carbocycles. The van der Waals surface area contributed by atoms with Crippen LogP contribution >= 0.6 is 0 Å². The van der Waals surface area contributed by atoms with Crippen LogP contribution in [0.1, 0.15) is 18.5 Å². The Morgan fingerprint density at radius 3 is 2.60 bits per heavy atom. The van der Waals surface area contributed by atoms with Crippen LogP contribution in [0.15, 0.2) is 18.3 Å². The molecule has 0 amide bonds. The minimum absolute atomic E-state index is 0.0198. The molecule has 0 radical (unpaired) electrons. The Hall–Kier alpha value is -2.52. The Balaban J connectivity index is 2.38. The molecule has 0 aliphatic rings. The lowest BCUT2D eigenvalue weighted by Crippen LogP contribution is -2.18. The number of alkyl halides is 3. The summed E-state index contributed by atoms with van der Waals surface area (Å²) < 4.78 is 38.2. The Labute approximate surface area is 110 Å². The highest BCUT2D eigenvalue weighted by Crippen LogP contribution is 2.29. The number of hydrogen-bond donors (Lipinski definition) is 1. The SMILES string of the molecule is CC(C(=O)O)n1nnnc1-c1ccc(C(F)(F)F)cn1. The van der Waals surface area contributed by atoms with Gasteiger partial charge in [-0.3, -0.25) is 4.98 Å². The zero-order chi connectivity index (χ0) is 14.9. The summed E-state index contributed by atoms with van der Waals surface area (Å²) in [5.41, 5.74) is -0.859. The van der Waals surface area contributed by atoms with E-state index in [1.165, 1.54) is 6.92 Å². The molecule has 2 aromatic heterocycles. The summed E-state index contributed by atoms with van der Waals surface area (Å²) in [5, 5.41) is 19.3. The third-order valence-electron chi connectivity index (χ3n) is 2.54. The summed E-state index contributed by atoms with van der Waals surface area (Å²) in [6.07, 6.45) is -3.86. The number of carboxylic acid groups (broad SMARTS) is 1. The van der Waals surface area contributed by atoms with Crippen LogP contribution in [0.3, 0.4) is 0 Å². The predicted octanol–water partition coefficient (Wildman–Crippen LogP) is 1.40. The highest BCUT2D eigenvalue weighted by molar-refractivity contribution is 5.72. The second kappa shape index (κ2) is 4.87. The molecule has 2 heterocycles. The van der Waals surface area contributed by atoms with Crippen LogP contribution < -0.4 is 0 Å². The maximum atomic E-state index is 12.4. The lowest BCUT2D eigenvalue weighted by atomic mass is 10.2. The zero-order valence-corrected chi connectivity index (χ0v) is 10.0. The van der Waals surface area contributed by atoms with Crippen molar-refractivity contribution in [1.82, 2.24) is 25.2 Å². The van der Waals surface area contributed by atoms with Gasteiger partial charge in [-0.2, -0.15) is 13.2 Å². The van der Waals surface area contributed by atoms with Gasteiger partial charge in [0.05, 0.1) is 5.56 Å². The van der Waals surface area contributed by atoms with Gasteiger partial charge in [-0.1, -0.05) is 0 Å². The van der Waals surface area contributed by atoms with Crippen LogP contribution in [0.2, 0.25) is 0 Å². The van der Waals surface area contributed by atoms with Gasteiger partial charge in [0, 0.05) is 6.20 Å². The molecule has 0 fully saturated rings. The predicted molar refractivity (Wildman–Crippen MR) is 58.4 cm³/mol. The smallest absolute Gasteiger partial charge is 0.417 e. The van der Waals surface area contributed by atoms with E-state index >= 15 is 0 Å². The van der Waals surface area contributed by atoms with Gasteiger partial charge in [-0.15, -0.1) is 5.10 Å². The molecule has 0 spiro atoms. The standard InChI is InChI=1S/C10H8F3N5O2/c1-5(9(19)20)18-8(15-16-17-18)7-3-2-6(4-14-7)10(11,12)13/h2-5H,1H3,(H,19,20). The third kappa shape index (κ3) is 2.58. The first-order chi connectivity index (χ1) is 9.30. The van der Waals surface area contributed by atoms with Crippen molar-refractivity contribution < 1.29 is 23.1 Å². The second-order valence-electron chi connectivity index (χ2n) is 3.89. The number of nitrogens with zero attached hydrogens (tertiary/aromatic N) is 5. The zero-order valence-electron chi connectivity index (χ0n) is 10.0. The molecule has 2 aromatic rings. The number of aliphatic carboxylic acids is 1. The summed E-state index contributed by atoms with van der Waals surface area (Å²) in [5.74, 6) is -1.20. The van der Waals surface area contributed by atoms with Gasteiger partial charge < -0.3 is 5.11 Å². The molecule has 20 heavy (non-hydrogen) atoms. The average molecular weight is 287 g/mol. The summed E-state index contributed by atoms with van der Waals surface area (Å²) in [7, 11) is 0. The molecule has 0 saturated heterocycles. The monoisotopic (exact) mass is 287 g/mol. The second-order valence-corrected chi connectivity index (χ2v) is 3.89. The van der Waals surface area contributed by atoms with Crippen molar-refractivity contribution in [3.63, 3.8) is 0 Å². The topological polar surface area (TPSA) is 93.8 Å². The number of carbonyl (C=O) groups is 1. The van der Waals surface area contributed by atoms with Crippen LogP contribution in [-0.2, 0) is 11.0 Å². The number of tetrazole rings is 1. The van der Waals surface area contributed by atoms with E-state index in [1.54, 1.807) is 0 Å². The molecule has 1 N–H and O–H groups in total. The molecule has 0 aliphatic heterocycles. The molecule has 0 bridgehead atoms. The van der Waals surface area contributed by atoms with Gasteiger partial charge in [0.1, 0.15) is 5.69 Å². The molecule has 0 aromatic carbocycles. The van der Waals surface area contributed by atoms with Crippen molar-refractivity contribution in [3.05, 3.63) is 23.9 Å². The maximum absolute atomic E-state index is 12.4. The molecular formula is C10H8F3N5O2. The van der Waals surface area contributed by atoms with Crippen LogP contribution in [0.5, 0.6) is 0 Å². The van der Waals surface area contributed by atoms with E-state index in [0.717, 1.165) is 16.8 Å². The van der Waals surface area contributed by atoms with Crippen LogP contribution in [0.25, 0.3) is 11.5 Å². The number of aromatic nitrogens is 5. The molecule has 1 atom stereocenters. The normalized spacial score (nSPS) is 13.2. The Morgan fingerprint density at radius 1 is 1.40 bits per heavy atom. The van der Waals surface area contributed by atoms with Crippen molar-refractivity contribution in [2.24, 2.45) is 0 Å². The van der Waals surface area contributed by atoms with Crippen LogP contribution in [0, 0.1) is 0 Å². The molecule has 7 nitrogen and oxygen atoms in total. The van der Waals surface area contributed by atoms with Crippen LogP contribution in [-0.4, -0.2) is 36.3 Å². The first-order valence-electron chi connectivity index (χ1n) is 5.35. The molecule has 1 unspecified atom stereocenters. The van der Waals surface area contributed by atoms with Crippen molar-refractivity contribution in [1.29, 1.82) is 0 Å². The van der Waals surface area contributed by atoms with Crippen LogP contribution in [0.4, 0.5) is 13.2 Å². The van der Waals surface area contributed by atoms with E-state index in [1.807, 2.05) is 0 Å². The summed E-state index contributed by atoms with van der Waals surface area (Å²) in [4.78, 5) is 14.5. The average Bonchev–Trinajstić information content (AvgIpc) is 2.85. The number of pyridine rings is 1. The van der Waals surface area contributed by atoms with Gasteiger partial charge in [-0.05, 0) is 29.5 Å². The van der Waals surface area contributed by atoms with Gasteiger partial charge >= 0.3 is 12.1 Å². The fourth-order valence-corrected chi connectivity index (χ4v) is 1.42. The number of hydrogen-bond acceptors (Lipinski definition) is 5. The Kier molecular flexibility index (Phi) is 3.38. The first-order valence-corrected chi connectivity index (χ1v) is 5.35. The van der Waals surface area contributed by atoms with Gasteiger partial charge in [0.25, 0.3) is 0 Å². The largest absolute Gasteiger partial charge is 0.480 e. The lowest BCUT2D eigenvalue weighted by Gasteiger charge is -2.09. The minimum Gasteiger partial charge on any atom is -0.480 e.